The van der Waals surface area contributed by atoms with Gasteiger partial charge in [-0.1, -0.05) is 12.1 Å². The van der Waals surface area contributed by atoms with Gasteiger partial charge in [0.05, 0.1) is 19.8 Å². The molecule has 0 bridgehead atoms. The van der Waals surface area contributed by atoms with E-state index in [1.807, 2.05) is 0 Å². The maximum Gasteiger partial charge on any atom is 0.270 e. The van der Waals surface area contributed by atoms with Crippen molar-refractivity contribution in [1.29, 1.82) is 5.41 Å². The molecule has 0 heterocycles. The second-order valence-corrected chi connectivity index (χ2v) is 8.07. The summed E-state index contributed by atoms with van der Waals surface area (Å²) in [5.74, 6) is -1.79. The summed E-state index contributed by atoms with van der Waals surface area (Å²) in [4.78, 5) is 25.7. The molecule has 9 nitrogen and oxygen atoms in total. The first kappa shape index (κ1) is 25.5. The van der Waals surface area contributed by atoms with Crippen molar-refractivity contribution in [3.05, 3.63) is 87.6 Å². The summed E-state index contributed by atoms with van der Waals surface area (Å²) in [5, 5.41) is 10.5. The molecule has 1 unspecified atom stereocenters. The standard InChI is InChI=1S/C24H23BrFN5O4/c1-34-19-11-16(18(26)12-20(19)35-2)21(29-14-9-7-13(8-10-14)22(27)28)24(33)31-30-23(32)15-5-3-4-6-17(15)25/h3-12,21,29H,1-2H3,(H3,27,28)(H,30,32)(H,31,33). The Balaban J connectivity index is 1.91. The number of nitrogens with two attached hydrogens (primary N) is 1. The van der Waals surface area contributed by atoms with Crippen LogP contribution in [0.5, 0.6) is 11.5 Å². The Hall–Kier alpha value is -4.12. The zero-order valence-corrected chi connectivity index (χ0v) is 20.4. The lowest BCUT2D eigenvalue weighted by atomic mass is 10.0. The molecule has 0 fully saturated rings. The maximum absolute atomic E-state index is 15.1. The minimum absolute atomic E-state index is 0.0501. The molecule has 0 spiro atoms. The van der Waals surface area contributed by atoms with Crippen LogP contribution < -0.4 is 31.4 Å². The first-order chi connectivity index (χ1) is 16.7. The predicted octanol–water partition coefficient (Wildman–Crippen LogP) is 3.50. The Morgan fingerprint density at radius 3 is 2.23 bits per heavy atom. The number of carbonyl (C=O) groups excluding carboxylic acids is 2. The average molecular weight is 544 g/mol. The van der Waals surface area contributed by atoms with E-state index in [0.29, 0.717) is 21.3 Å². The van der Waals surface area contributed by atoms with Crippen LogP contribution in [0.1, 0.15) is 27.5 Å². The molecule has 0 saturated heterocycles. The van der Waals surface area contributed by atoms with Crippen LogP contribution in [-0.4, -0.2) is 31.9 Å². The molecule has 0 aromatic heterocycles. The van der Waals surface area contributed by atoms with Crippen molar-refractivity contribution < 1.29 is 23.5 Å². The molecule has 0 radical (unpaired) electrons. The van der Waals surface area contributed by atoms with Gasteiger partial charge in [-0.25, -0.2) is 4.39 Å². The zero-order chi connectivity index (χ0) is 25.5. The number of hydrogen-bond donors (Lipinski definition) is 5. The molecule has 35 heavy (non-hydrogen) atoms. The average Bonchev–Trinajstić information content (AvgIpc) is 2.86. The third-order valence-corrected chi connectivity index (χ3v) is 5.69. The number of halogens is 2. The first-order valence-corrected chi connectivity index (χ1v) is 11.0. The first-order valence-electron chi connectivity index (χ1n) is 10.2. The highest BCUT2D eigenvalue weighted by atomic mass is 79.9. The van der Waals surface area contributed by atoms with Crippen LogP contribution in [0, 0.1) is 11.2 Å². The molecule has 0 saturated carbocycles. The minimum atomic E-state index is -1.28. The summed E-state index contributed by atoms with van der Waals surface area (Å²) in [6, 6.07) is 14.2. The van der Waals surface area contributed by atoms with Crippen LogP contribution in [0.25, 0.3) is 0 Å². The van der Waals surface area contributed by atoms with Gasteiger partial charge in [0.2, 0.25) is 0 Å². The van der Waals surface area contributed by atoms with Crippen molar-refractivity contribution in [2.24, 2.45) is 5.73 Å². The van der Waals surface area contributed by atoms with Crippen molar-refractivity contribution in [2.75, 3.05) is 19.5 Å². The summed E-state index contributed by atoms with van der Waals surface area (Å²) >= 11 is 3.28. The lowest BCUT2D eigenvalue weighted by molar-refractivity contribution is -0.122. The molecule has 6 N–H and O–H groups in total. The second-order valence-electron chi connectivity index (χ2n) is 7.22. The number of hydrogen-bond acceptors (Lipinski definition) is 6. The quantitative estimate of drug-likeness (QED) is 0.167. The smallest absolute Gasteiger partial charge is 0.270 e. The van der Waals surface area contributed by atoms with Crippen molar-refractivity contribution in [1.82, 2.24) is 10.9 Å². The van der Waals surface area contributed by atoms with Gasteiger partial charge in [0.15, 0.2) is 11.5 Å². The van der Waals surface area contributed by atoms with Crippen LogP contribution in [0.3, 0.4) is 0 Å². The van der Waals surface area contributed by atoms with Gasteiger partial charge in [-0.3, -0.25) is 25.8 Å². The Labute approximate surface area is 209 Å². The largest absolute Gasteiger partial charge is 0.493 e. The molecule has 3 rings (SSSR count). The van der Waals surface area contributed by atoms with E-state index in [4.69, 9.17) is 20.6 Å². The number of rotatable bonds is 8. The van der Waals surface area contributed by atoms with Crippen molar-refractivity contribution in [3.8, 4) is 11.5 Å². The maximum atomic E-state index is 15.1. The van der Waals surface area contributed by atoms with Gasteiger partial charge in [-0.2, -0.15) is 0 Å². The van der Waals surface area contributed by atoms with Crippen molar-refractivity contribution >= 4 is 39.3 Å². The number of amides is 2. The van der Waals surface area contributed by atoms with Gasteiger partial charge in [0, 0.05) is 27.4 Å². The third kappa shape index (κ3) is 6.07. The molecule has 2 amide bonds. The molecule has 0 aliphatic carbocycles. The van der Waals surface area contributed by atoms with Crippen LogP contribution in [0.2, 0.25) is 0 Å². The number of anilines is 1. The highest BCUT2D eigenvalue weighted by Gasteiger charge is 2.27. The minimum Gasteiger partial charge on any atom is -0.493 e. The highest BCUT2D eigenvalue weighted by Crippen LogP contribution is 2.34. The summed E-state index contributed by atoms with van der Waals surface area (Å²) in [6.45, 7) is 0. The van der Waals surface area contributed by atoms with E-state index in [0.717, 1.165) is 6.07 Å². The lowest BCUT2D eigenvalue weighted by Gasteiger charge is -2.22. The van der Waals surface area contributed by atoms with Crippen LogP contribution in [0.4, 0.5) is 10.1 Å². The monoisotopic (exact) mass is 543 g/mol. The highest BCUT2D eigenvalue weighted by molar-refractivity contribution is 9.10. The van der Waals surface area contributed by atoms with Crippen LogP contribution in [0.15, 0.2) is 65.1 Å². The number of benzene rings is 3. The summed E-state index contributed by atoms with van der Waals surface area (Å²) in [7, 11) is 2.76. The van der Waals surface area contributed by atoms with E-state index in [2.05, 4.69) is 32.1 Å². The Kier molecular flexibility index (Phi) is 8.26. The Morgan fingerprint density at radius 2 is 1.63 bits per heavy atom. The van der Waals surface area contributed by atoms with E-state index < -0.39 is 23.7 Å². The van der Waals surface area contributed by atoms with E-state index in [1.165, 1.54) is 20.3 Å². The Bertz CT molecular complexity index is 1250. The second kappa shape index (κ2) is 11.3. The number of amidine groups is 1. The van der Waals surface area contributed by atoms with Gasteiger partial charge >= 0.3 is 0 Å². The van der Waals surface area contributed by atoms with Gasteiger partial charge in [0.25, 0.3) is 11.8 Å². The fourth-order valence-electron chi connectivity index (χ4n) is 3.19. The van der Waals surface area contributed by atoms with E-state index in [1.54, 1.807) is 48.5 Å². The topological polar surface area (TPSA) is 139 Å². The van der Waals surface area contributed by atoms with Crippen LogP contribution in [-0.2, 0) is 4.79 Å². The molecule has 0 aliphatic rings. The van der Waals surface area contributed by atoms with Gasteiger partial charge < -0.3 is 20.5 Å². The molecule has 11 heteroatoms. The summed E-state index contributed by atoms with van der Waals surface area (Å²) < 4.78 is 26.0. The van der Waals surface area contributed by atoms with E-state index in [9.17, 15) is 9.59 Å². The van der Waals surface area contributed by atoms with E-state index in [-0.39, 0.29) is 22.9 Å². The Morgan fingerprint density at radius 1 is 1.00 bits per heavy atom. The number of hydrazine groups is 1. The number of nitrogen functional groups attached to an aromatic ring is 1. The fraction of sp³-hybridized carbons (Fsp3) is 0.125. The molecule has 3 aromatic rings. The normalized spacial score (nSPS) is 11.2. The third-order valence-electron chi connectivity index (χ3n) is 5.00. The number of ether oxygens (including phenoxy) is 2. The molecular formula is C24H23BrFN5O4. The molecule has 3 aromatic carbocycles. The van der Waals surface area contributed by atoms with Crippen molar-refractivity contribution in [2.45, 2.75) is 6.04 Å². The SMILES string of the molecule is COc1cc(F)c(C(Nc2ccc(C(=N)N)cc2)C(=O)NNC(=O)c2ccccc2Br)cc1OC. The molecule has 182 valence electrons. The lowest BCUT2D eigenvalue weighted by Crippen LogP contribution is -2.45. The molecule has 0 aliphatic heterocycles. The number of nitrogens with one attached hydrogen (secondary N) is 4. The number of methoxy groups -OCH3 is 2. The number of carbonyl (C=O) groups is 2. The fourth-order valence-corrected chi connectivity index (χ4v) is 3.66. The van der Waals surface area contributed by atoms with Gasteiger partial charge in [-0.05, 0) is 58.4 Å². The molecular weight excluding hydrogens is 521 g/mol. The van der Waals surface area contributed by atoms with Gasteiger partial charge in [-0.15, -0.1) is 0 Å². The molecule has 1 atom stereocenters. The summed E-state index contributed by atoms with van der Waals surface area (Å²) in [5.41, 5.74) is 11.3. The van der Waals surface area contributed by atoms with Gasteiger partial charge in [0.1, 0.15) is 17.7 Å². The predicted molar refractivity (Wildman–Crippen MR) is 133 cm³/mol. The summed E-state index contributed by atoms with van der Waals surface area (Å²) in [6.07, 6.45) is 0. The van der Waals surface area contributed by atoms with Crippen molar-refractivity contribution in [3.63, 3.8) is 0 Å². The van der Waals surface area contributed by atoms with Crippen LogP contribution >= 0.6 is 15.9 Å². The zero-order valence-electron chi connectivity index (χ0n) is 18.8. The van der Waals surface area contributed by atoms with E-state index >= 15 is 4.39 Å².